The average Bonchev–Trinajstić information content (AvgIpc) is 2.85. The van der Waals surface area contributed by atoms with E-state index in [9.17, 15) is 19.2 Å². The highest BCUT2D eigenvalue weighted by atomic mass is 16.5. The van der Waals surface area contributed by atoms with Gasteiger partial charge in [0.25, 0.3) is 0 Å². The molecule has 0 amide bonds. The van der Waals surface area contributed by atoms with Crippen LogP contribution in [0.4, 0.5) is 0 Å². The van der Waals surface area contributed by atoms with Crippen molar-refractivity contribution in [2.75, 3.05) is 13.2 Å². The Bertz CT molecular complexity index is 812. The molecule has 0 saturated heterocycles. The van der Waals surface area contributed by atoms with Gasteiger partial charge in [0.05, 0.1) is 13.2 Å². The van der Waals surface area contributed by atoms with Gasteiger partial charge >= 0.3 is 23.9 Å². The Morgan fingerprint density at radius 3 is 1.28 bits per heavy atom. The molecule has 0 fully saturated rings. The molecule has 0 spiro atoms. The fourth-order valence-corrected chi connectivity index (χ4v) is 2.88. The second-order valence-electron chi connectivity index (χ2n) is 8.59. The van der Waals surface area contributed by atoms with Crippen molar-refractivity contribution in [2.24, 2.45) is 0 Å². The number of hydrogen-bond donors (Lipinski definition) is 0. The van der Waals surface area contributed by atoms with Crippen LogP contribution in [0.5, 0.6) is 0 Å². The quantitative estimate of drug-likeness (QED) is 0.118. The summed E-state index contributed by atoms with van der Waals surface area (Å²) in [4.78, 5) is 46.3. The topological polar surface area (TPSA) is 105 Å². The molecule has 8 nitrogen and oxygen atoms in total. The lowest BCUT2D eigenvalue weighted by atomic mass is 10.1. The van der Waals surface area contributed by atoms with Crippen LogP contribution < -0.4 is 0 Å². The Balaban J connectivity index is 2.11. The first-order valence-corrected chi connectivity index (χ1v) is 12.2. The summed E-state index contributed by atoms with van der Waals surface area (Å²) in [5.41, 5.74) is 2.43. The van der Waals surface area contributed by atoms with Gasteiger partial charge in [-0.25, -0.2) is 9.59 Å². The molecule has 1 aromatic rings. The van der Waals surface area contributed by atoms with Crippen molar-refractivity contribution in [1.82, 2.24) is 0 Å². The van der Waals surface area contributed by atoms with Gasteiger partial charge in [0, 0.05) is 24.0 Å². The number of rotatable bonds is 18. The predicted octanol–water partition coefficient (Wildman–Crippen LogP) is 5.13. The van der Waals surface area contributed by atoms with E-state index in [0.717, 1.165) is 24.0 Å². The molecule has 1 rings (SSSR count). The first-order chi connectivity index (χ1) is 17.2. The maximum Gasteiger partial charge on any atom is 0.333 e. The van der Waals surface area contributed by atoms with Crippen molar-refractivity contribution in [3.63, 3.8) is 0 Å². The zero-order valence-corrected chi connectivity index (χ0v) is 21.5. The van der Waals surface area contributed by atoms with Crippen molar-refractivity contribution >= 4 is 23.9 Å². The highest BCUT2D eigenvalue weighted by Gasteiger charge is 2.07. The number of carbonyl (C=O) groups excluding carboxylic acids is 4. The lowest BCUT2D eigenvalue weighted by Gasteiger charge is -2.08. The molecular formula is C28H38O8. The summed E-state index contributed by atoms with van der Waals surface area (Å²) in [6, 6.07) is 7.33. The first-order valence-electron chi connectivity index (χ1n) is 12.2. The van der Waals surface area contributed by atoms with E-state index in [1.165, 1.54) is 0 Å². The molecule has 198 valence electrons. The maximum absolute atomic E-state index is 11.9. The third-order valence-electron chi connectivity index (χ3n) is 5.04. The summed E-state index contributed by atoms with van der Waals surface area (Å²) in [6.45, 7) is 11.2. The van der Waals surface area contributed by atoms with Crippen molar-refractivity contribution in [1.29, 1.82) is 0 Å². The fraction of sp³-hybridized carbons (Fsp3) is 0.500. The fourth-order valence-electron chi connectivity index (χ4n) is 2.88. The van der Waals surface area contributed by atoms with Crippen LogP contribution in [0.15, 0.2) is 48.6 Å². The molecule has 8 heteroatoms. The van der Waals surface area contributed by atoms with E-state index in [1.807, 2.05) is 24.3 Å². The van der Waals surface area contributed by atoms with Crippen molar-refractivity contribution in [3.05, 3.63) is 59.7 Å². The molecule has 0 unspecified atom stereocenters. The summed E-state index contributed by atoms with van der Waals surface area (Å²) in [5.74, 6) is -1.35. The molecule has 0 N–H and O–H groups in total. The van der Waals surface area contributed by atoms with E-state index in [1.54, 1.807) is 13.8 Å². The summed E-state index contributed by atoms with van der Waals surface area (Å²) in [6.07, 6.45) is 4.83. The van der Waals surface area contributed by atoms with Gasteiger partial charge in [-0.05, 0) is 63.5 Å². The van der Waals surface area contributed by atoms with Gasteiger partial charge in [-0.2, -0.15) is 0 Å². The van der Waals surface area contributed by atoms with Gasteiger partial charge in [-0.15, -0.1) is 0 Å². The standard InChI is InChI=1S/C28H38O8/c1-21(2)27(31)33-17-9-5-7-11-25(29)35-19-23-13-15-24(16-14-23)20-36-26(30)12-8-6-10-18-34-28(32)22(3)4/h13-16H,1,3,5-12,17-20H2,2,4H3. The molecule has 0 heterocycles. The third kappa shape index (κ3) is 14.8. The lowest BCUT2D eigenvalue weighted by molar-refractivity contribution is -0.146. The molecule has 0 aliphatic carbocycles. The van der Waals surface area contributed by atoms with E-state index >= 15 is 0 Å². The van der Waals surface area contributed by atoms with Gasteiger partial charge in [0.1, 0.15) is 13.2 Å². The second-order valence-corrected chi connectivity index (χ2v) is 8.59. The first kappa shape index (κ1) is 30.6. The molecule has 0 saturated carbocycles. The molecule has 0 aliphatic rings. The summed E-state index contributed by atoms with van der Waals surface area (Å²) >= 11 is 0. The van der Waals surface area contributed by atoms with E-state index in [-0.39, 0.29) is 25.2 Å². The van der Waals surface area contributed by atoms with Crippen molar-refractivity contribution < 1.29 is 38.1 Å². The molecule has 36 heavy (non-hydrogen) atoms. The van der Waals surface area contributed by atoms with Crippen LogP contribution in [0.25, 0.3) is 0 Å². The van der Waals surface area contributed by atoms with Gasteiger partial charge in [0.15, 0.2) is 0 Å². The normalized spacial score (nSPS) is 10.3. The smallest absolute Gasteiger partial charge is 0.333 e. The van der Waals surface area contributed by atoms with E-state index in [4.69, 9.17) is 18.9 Å². The van der Waals surface area contributed by atoms with Gasteiger partial charge in [0.2, 0.25) is 0 Å². The minimum Gasteiger partial charge on any atom is -0.462 e. The number of benzene rings is 1. The Morgan fingerprint density at radius 1 is 0.583 bits per heavy atom. The van der Waals surface area contributed by atoms with Crippen LogP contribution in [0, 0.1) is 0 Å². The predicted molar refractivity (Wildman–Crippen MR) is 135 cm³/mol. The Morgan fingerprint density at radius 2 is 0.944 bits per heavy atom. The van der Waals surface area contributed by atoms with Crippen LogP contribution in [-0.4, -0.2) is 37.1 Å². The van der Waals surface area contributed by atoms with Gasteiger partial charge in [-0.1, -0.05) is 37.4 Å². The van der Waals surface area contributed by atoms with Gasteiger partial charge in [-0.3, -0.25) is 9.59 Å². The van der Waals surface area contributed by atoms with Crippen molar-refractivity contribution in [2.45, 2.75) is 78.4 Å². The Hall–Kier alpha value is -3.42. The van der Waals surface area contributed by atoms with Gasteiger partial charge < -0.3 is 18.9 Å². The SMILES string of the molecule is C=C(C)C(=O)OCCCCCC(=O)OCc1ccc(COC(=O)CCCCCOC(=O)C(=C)C)cc1. The lowest BCUT2D eigenvalue weighted by Crippen LogP contribution is -2.07. The molecule has 0 aromatic heterocycles. The summed E-state index contributed by atoms with van der Waals surface area (Å²) < 4.78 is 20.6. The van der Waals surface area contributed by atoms with Crippen molar-refractivity contribution in [3.8, 4) is 0 Å². The highest BCUT2D eigenvalue weighted by Crippen LogP contribution is 2.10. The van der Waals surface area contributed by atoms with Crippen LogP contribution in [0.2, 0.25) is 0 Å². The average molecular weight is 503 g/mol. The van der Waals surface area contributed by atoms with E-state index < -0.39 is 11.9 Å². The van der Waals surface area contributed by atoms with Crippen LogP contribution in [-0.2, 0) is 51.3 Å². The molecule has 0 radical (unpaired) electrons. The molecule has 1 aromatic carbocycles. The monoisotopic (exact) mass is 502 g/mol. The largest absolute Gasteiger partial charge is 0.462 e. The molecule has 0 atom stereocenters. The zero-order valence-electron chi connectivity index (χ0n) is 21.5. The van der Waals surface area contributed by atoms with Crippen LogP contribution >= 0.6 is 0 Å². The Kier molecular flexibility index (Phi) is 15.2. The van der Waals surface area contributed by atoms with Crippen LogP contribution in [0.3, 0.4) is 0 Å². The highest BCUT2D eigenvalue weighted by molar-refractivity contribution is 5.87. The van der Waals surface area contributed by atoms with E-state index in [0.29, 0.717) is 62.9 Å². The molecule has 0 aliphatic heterocycles. The summed E-state index contributed by atoms with van der Waals surface area (Å²) in [5, 5.41) is 0. The third-order valence-corrected chi connectivity index (χ3v) is 5.04. The second kappa shape index (κ2) is 17.9. The van der Waals surface area contributed by atoms with E-state index in [2.05, 4.69) is 13.2 Å². The number of unbranched alkanes of at least 4 members (excludes halogenated alkanes) is 4. The van der Waals surface area contributed by atoms with Crippen LogP contribution in [0.1, 0.15) is 76.3 Å². The maximum atomic E-state index is 11.9. The zero-order chi connectivity index (χ0) is 26.8. The Labute approximate surface area is 213 Å². The number of ether oxygens (including phenoxy) is 4. The molecular weight excluding hydrogens is 464 g/mol. The number of hydrogen-bond acceptors (Lipinski definition) is 8. The number of carbonyl (C=O) groups is 4. The summed E-state index contributed by atoms with van der Waals surface area (Å²) in [7, 11) is 0. The minimum atomic E-state index is -0.397. The number of esters is 4. The molecule has 0 bridgehead atoms. The minimum absolute atomic E-state index is 0.177.